The first-order valence-electron chi connectivity index (χ1n) is 6.25. The summed E-state index contributed by atoms with van der Waals surface area (Å²) in [6.07, 6.45) is 0.238. The Balaban J connectivity index is 2.33. The summed E-state index contributed by atoms with van der Waals surface area (Å²) in [5.74, 6) is 0.433. The van der Waals surface area contributed by atoms with Crippen LogP contribution in [0.25, 0.3) is 0 Å². The molecule has 0 saturated heterocycles. The molecule has 0 saturated carbocycles. The van der Waals surface area contributed by atoms with Crippen molar-refractivity contribution in [3.05, 3.63) is 56.2 Å². The van der Waals surface area contributed by atoms with Gasteiger partial charge in [-0.05, 0) is 24.6 Å². The number of benzene rings is 1. The van der Waals surface area contributed by atoms with Crippen LogP contribution in [0.1, 0.15) is 18.1 Å². The lowest BCUT2D eigenvalue weighted by Crippen LogP contribution is -2.30. The predicted octanol–water partition coefficient (Wildman–Crippen LogP) is 0.769. The number of aromatic amines is 1. The summed E-state index contributed by atoms with van der Waals surface area (Å²) in [6, 6.07) is 7.22. The number of rotatable bonds is 4. The number of H-pyrrole nitrogens is 1. The summed E-state index contributed by atoms with van der Waals surface area (Å²) >= 11 is 0. The van der Waals surface area contributed by atoms with Crippen molar-refractivity contribution in [2.75, 3.05) is 6.61 Å². The first kappa shape index (κ1) is 13.9. The molecular formula is C14H16N2O4. The predicted molar refractivity (Wildman–Crippen MR) is 74.4 cm³/mol. The third kappa shape index (κ3) is 2.74. The van der Waals surface area contributed by atoms with Crippen LogP contribution in [0.2, 0.25) is 0 Å². The summed E-state index contributed by atoms with van der Waals surface area (Å²) < 4.78 is 6.34. The van der Waals surface area contributed by atoms with Crippen LogP contribution in [0.3, 0.4) is 0 Å². The molecule has 20 heavy (non-hydrogen) atoms. The second-order valence-corrected chi connectivity index (χ2v) is 4.37. The van der Waals surface area contributed by atoms with Crippen molar-refractivity contribution in [1.82, 2.24) is 9.55 Å². The maximum atomic E-state index is 11.7. The summed E-state index contributed by atoms with van der Waals surface area (Å²) in [7, 11) is 1.40. The van der Waals surface area contributed by atoms with Crippen LogP contribution in [-0.4, -0.2) is 21.3 Å². The first-order chi connectivity index (χ1) is 9.52. The molecule has 0 atom stereocenters. The number of hydrogen-bond donors (Lipinski definition) is 2. The van der Waals surface area contributed by atoms with E-state index in [9.17, 15) is 14.7 Å². The molecule has 0 amide bonds. The molecule has 1 aromatic heterocycles. The Morgan fingerprint density at radius 1 is 1.25 bits per heavy atom. The third-order valence-electron chi connectivity index (χ3n) is 3.00. The molecule has 0 bridgehead atoms. The first-order valence-corrected chi connectivity index (χ1v) is 6.25. The third-order valence-corrected chi connectivity index (χ3v) is 3.00. The zero-order valence-electron chi connectivity index (χ0n) is 11.3. The minimum absolute atomic E-state index is 0.163. The highest BCUT2D eigenvalue weighted by molar-refractivity contribution is 5.33. The van der Waals surface area contributed by atoms with Crippen molar-refractivity contribution >= 4 is 0 Å². The monoisotopic (exact) mass is 276 g/mol. The Morgan fingerprint density at radius 2 is 1.90 bits per heavy atom. The smallest absolute Gasteiger partial charge is 0.330 e. The van der Waals surface area contributed by atoms with E-state index in [-0.39, 0.29) is 17.9 Å². The van der Waals surface area contributed by atoms with Crippen LogP contribution in [-0.2, 0) is 13.5 Å². The van der Waals surface area contributed by atoms with Gasteiger partial charge in [-0.2, -0.15) is 0 Å². The molecular weight excluding hydrogens is 260 g/mol. The lowest BCUT2D eigenvalue weighted by Gasteiger charge is -2.08. The standard InChI is InChI=1S/C14H16N2O4/c1-3-20-10-6-4-9(5-7-10)8-11-12(17)15-14(19)16(2)13(11)18/h4-7,18H,3,8H2,1-2H3,(H,15,17,19). The fourth-order valence-electron chi connectivity index (χ4n) is 1.89. The summed E-state index contributed by atoms with van der Waals surface area (Å²) in [4.78, 5) is 25.2. The molecule has 2 N–H and O–H groups in total. The van der Waals surface area contributed by atoms with Gasteiger partial charge in [-0.25, -0.2) is 4.79 Å². The molecule has 0 fully saturated rings. The molecule has 106 valence electrons. The van der Waals surface area contributed by atoms with E-state index in [1.807, 2.05) is 19.1 Å². The van der Waals surface area contributed by atoms with E-state index in [4.69, 9.17) is 4.74 Å². The lowest BCUT2D eigenvalue weighted by atomic mass is 10.1. The van der Waals surface area contributed by atoms with Gasteiger partial charge in [0.05, 0.1) is 12.2 Å². The van der Waals surface area contributed by atoms with E-state index in [1.165, 1.54) is 7.05 Å². The molecule has 1 heterocycles. The van der Waals surface area contributed by atoms with E-state index >= 15 is 0 Å². The fraction of sp³-hybridized carbons (Fsp3) is 0.286. The van der Waals surface area contributed by atoms with Gasteiger partial charge in [0.25, 0.3) is 5.56 Å². The number of nitrogens with one attached hydrogen (secondary N) is 1. The molecule has 6 nitrogen and oxygen atoms in total. The molecule has 0 unspecified atom stereocenters. The minimum atomic E-state index is -0.636. The van der Waals surface area contributed by atoms with Crippen LogP contribution in [0, 0.1) is 0 Å². The quantitative estimate of drug-likeness (QED) is 0.863. The molecule has 0 aliphatic rings. The van der Waals surface area contributed by atoms with Crippen molar-refractivity contribution in [2.45, 2.75) is 13.3 Å². The van der Waals surface area contributed by atoms with Crippen LogP contribution in [0.15, 0.2) is 33.9 Å². The van der Waals surface area contributed by atoms with Crippen molar-refractivity contribution < 1.29 is 9.84 Å². The number of ether oxygens (including phenoxy) is 1. The maximum Gasteiger partial charge on any atom is 0.330 e. The van der Waals surface area contributed by atoms with E-state index < -0.39 is 11.2 Å². The largest absolute Gasteiger partial charge is 0.494 e. The van der Waals surface area contributed by atoms with E-state index in [1.54, 1.807) is 12.1 Å². The molecule has 1 aromatic carbocycles. The van der Waals surface area contributed by atoms with Gasteiger partial charge in [-0.1, -0.05) is 12.1 Å². The molecule has 0 spiro atoms. The van der Waals surface area contributed by atoms with Gasteiger partial charge < -0.3 is 9.84 Å². The Hall–Kier alpha value is -2.50. The van der Waals surface area contributed by atoms with E-state index in [2.05, 4.69) is 4.98 Å². The van der Waals surface area contributed by atoms with Gasteiger partial charge in [0.2, 0.25) is 5.88 Å². The maximum absolute atomic E-state index is 11.7. The van der Waals surface area contributed by atoms with Crippen molar-refractivity contribution in [2.24, 2.45) is 7.05 Å². The van der Waals surface area contributed by atoms with E-state index in [0.29, 0.717) is 6.61 Å². The Morgan fingerprint density at radius 3 is 2.50 bits per heavy atom. The van der Waals surface area contributed by atoms with Crippen molar-refractivity contribution in [3.8, 4) is 11.6 Å². The second-order valence-electron chi connectivity index (χ2n) is 4.37. The van der Waals surface area contributed by atoms with Gasteiger partial charge in [-0.15, -0.1) is 0 Å². The van der Waals surface area contributed by atoms with Crippen LogP contribution in [0.5, 0.6) is 11.6 Å². The van der Waals surface area contributed by atoms with Gasteiger partial charge in [0.15, 0.2) is 0 Å². The number of aromatic nitrogens is 2. The summed E-state index contributed by atoms with van der Waals surface area (Å²) in [6.45, 7) is 2.48. The highest BCUT2D eigenvalue weighted by atomic mass is 16.5. The Kier molecular flexibility index (Phi) is 3.93. The normalized spacial score (nSPS) is 10.5. The Bertz CT molecular complexity index is 713. The van der Waals surface area contributed by atoms with Gasteiger partial charge in [0.1, 0.15) is 5.75 Å². The Labute approximate surface area is 115 Å². The van der Waals surface area contributed by atoms with Crippen LogP contribution in [0.4, 0.5) is 0 Å². The SMILES string of the molecule is CCOc1ccc(Cc2c(O)n(C)c(=O)[nH]c2=O)cc1. The highest BCUT2D eigenvalue weighted by Crippen LogP contribution is 2.17. The molecule has 2 aromatic rings. The molecule has 0 radical (unpaired) electrons. The zero-order chi connectivity index (χ0) is 14.7. The fourth-order valence-corrected chi connectivity index (χ4v) is 1.89. The molecule has 0 aliphatic heterocycles. The van der Waals surface area contributed by atoms with Gasteiger partial charge >= 0.3 is 5.69 Å². The topological polar surface area (TPSA) is 84.3 Å². The van der Waals surface area contributed by atoms with Crippen molar-refractivity contribution in [1.29, 1.82) is 0 Å². The lowest BCUT2D eigenvalue weighted by molar-refractivity contribution is 0.340. The summed E-state index contributed by atoms with van der Waals surface area (Å²) in [5, 5.41) is 9.88. The number of nitrogens with zero attached hydrogens (tertiary/aromatic N) is 1. The van der Waals surface area contributed by atoms with Gasteiger partial charge in [-0.3, -0.25) is 14.3 Å². The molecule has 0 aliphatic carbocycles. The molecule has 6 heteroatoms. The van der Waals surface area contributed by atoms with Crippen molar-refractivity contribution in [3.63, 3.8) is 0 Å². The second kappa shape index (κ2) is 5.64. The van der Waals surface area contributed by atoms with Crippen LogP contribution < -0.4 is 16.0 Å². The average Bonchev–Trinajstić information content (AvgIpc) is 2.43. The van der Waals surface area contributed by atoms with Gasteiger partial charge in [0, 0.05) is 13.5 Å². The van der Waals surface area contributed by atoms with E-state index in [0.717, 1.165) is 15.9 Å². The molecule has 2 rings (SSSR count). The minimum Gasteiger partial charge on any atom is -0.494 e. The number of aromatic hydroxyl groups is 1. The average molecular weight is 276 g/mol. The van der Waals surface area contributed by atoms with Crippen LogP contribution >= 0.6 is 0 Å². The summed E-state index contributed by atoms with van der Waals surface area (Å²) in [5.41, 5.74) is -0.202. The zero-order valence-corrected chi connectivity index (χ0v) is 11.3. The highest BCUT2D eigenvalue weighted by Gasteiger charge is 2.12. The number of hydrogen-bond acceptors (Lipinski definition) is 4.